The molecule has 0 saturated heterocycles. The van der Waals surface area contributed by atoms with Gasteiger partial charge in [-0.15, -0.1) is 11.8 Å². The summed E-state index contributed by atoms with van der Waals surface area (Å²) in [7, 11) is 0. The molecular weight excluding hydrogens is 897 g/mol. The molecule has 0 spiro atoms. The van der Waals surface area contributed by atoms with Crippen molar-refractivity contribution in [2.45, 2.75) is 48.0 Å². The number of hydrogen-bond acceptors (Lipinski definition) is 23. The summed E-state index contributed by atoms with van der Waals surface area (Å²) in [6, 6.07) is 9.34. The van der Waals surface area contributed by atoms with Crippen LogP contribution in [-0.4, -0.2) is 121 Å². The highest BCUT2D eigenvalue weighted by Crippen LogP contribution is 2.37. The molecule has 4 rings (SSSR count). The van der Waals surface area contributed by atoms with Crippen molar-refractivity contribution >= 4 is 87.3 Å². The van der Waals surface area contributed by atoms with Gasteiger partial charge in [-0.25, -0.2) is 4.79 Å². The van der Waals surface area contributed by atoms with E-state index in [1.54, 1.807) is 31.2 Å². The molecule has 0 saturated carbocycles. The summed E-state index contributed by atoms with van der Waals surface area (Å²) in [6.07, 6.45) is 2.66. The molecule has 23 heteroatoms. The predicted molar refractivity (Wildman–Crippen MR) is 232 cm³/mol. The Morgan fingerprint density at radius 1 is 0.652 bits per heavy atom. The van der Waals surface area contributed by atoms with Crippen molar-refractivity contribution in [2.75, 3.05) is 82.1 Å². The fraction of sp³-hybridized carbons (Fsp3) is 0.419. The zero-order valence-electron chi connectivity index (χ0n) is 37.1. The first-order chi connectivity index (χ1) is 31.6. The van der Waals surface area contributed by atoms with Gasteiger partial charge in [0.2, 0.25) is 27.2 Å². The van der Waals surface area contributed by atoms with Crippen LogP contribution in [0.3, 0.4) is 0 Å². The molecule has 0 radical (unpaired) electrons. The van der Waals surface area contributed by atoms with E-state index >= 15 is 0 Å². The Hall–Kier alpha value is -7.30. The van der Waals surface area contributed by atoms with Crippen molar-refractivity contribution in [1.82, 2.24) is 0 Å². The van der Waals surface area contributed by atoms with E-state index in [9.17, 15) is 43.2 Å². The average molecular weight is 947 g/mol. The lowest BCUT2D eigenvalue weighted by Crippen LogP contribution is -2.37. The summed E-state index contributed by atoms with van der Waals surface area (Å²) in [6.45, 7) is 3.46. The molecule has 358 valence electrons. The Bertz CT molecular complexity index is 2260. The maximum absolute atomic E-state index is 13.2. The molecular formula is C43H50N2O20S. The molecule has 0 atom stereocenters. The Morgan fingerprint density at radius 3 is 1.61 bits per heavy atom. The van der Waals surface area contributed by atoms with Crippen LogP contribution in [0.25, 0.3) is 15.9 Å². The van der Waals surface area contributed by atoms with Crippen LogP contribution in [0.15, 0.2) is 51.7 Å². The molecule has 0 amide bonds. The first-order valence-corrected chi connectivity index (χ1v) is 21.0. The van der Waals surface area contributed by atoms with Crippen LogP contribution in [-0.2, 0) is 76.3 Å². The minimum atomic E-state index is -0.965. The van der Waals surface area contributed by atoms with E-state index in [2.05, 4.69) is 14.2 Å². The number of rotatable bonds is 25. The van der Waals surface area contributed by atoms with Gasteiger partial charge >= 0.3 is 47.4 Å². The minimum Gasteiger partial charge on any atom is -0.488 e. The van der Waals surface area contributed by atoms with Gasteiger partial charge < -0.3 is 61.6 Å². The molecule has 0 bridgehead atoms. The number of allylic oxidation sites excluding steroid dienone is 1. The van der Waals surface area contributed by atoms with Gasteiger partial charge in [-0.1, -0.05) is 26.0 Å². The average Bonchev–Trinajstić information content (AvgIpc) is 3.80. The molecule has 0 unspecified atom stereocenters. The number of aryl methyl sites for hydroxylation is 1. The summed E-state index contributed by atoms with van der Waals surface area (Å²) in [5.74, 6) is -4.85. The number of anilines is 2. The number of carbonyl (C=O) groups excluding carboxylic acids is 8. The Kier molecular flexibility index (Phi) is 22.3. The van der Waals surface area contributed by atoms with E-state index in [4.69, 9.17) is 37.6 Å². The van der Waals surface area contributed by atoms with E-state index in [1.807, 2.05) is 19.9 Å². The van der Waals surface area contributed by atoms with Crippen LogP contribution >= 0.6 is 11.8 Å². The second-order valence-electron chi connectivity index (χ2n) is 13.1. The number of carbonyl (C=O) groups is 8. The largest absolute Gasteiger partial charge is 0.488 e. The van der Waals surface area contributed by atoms with Crippen LogP contribution in [0.5, 0.6) is 11.5 Å². The van der Waals surface area contributed by atoms with Crippen molar-refractivity contribution in [2.24, 2.45) is 0 Å². The molecule has 2 heterocycles. The zero-order chi connectivity index (χ0) is 48.6. The highest BCUT2D eigenvalue weighted by Gasteiger charge is 2.25. The summed E-state index contributed by atoms with van der Waals surface area (Å²) in [5, 5.41) is 0.403. The first kappa shape index (κ1) is 53.0. The van der Waals surface area contributed by atoms with E-state index in [-0.39, 0.29) is 48.1 Å². The molecule has 1 aliphatic rings. The number of ether oxygens (including phenoxy) is 10. The lowest BCUT2D eigenvalue weighted by molar-refractivity contribution is -0.167. The number of thioether (sulfide) groups is 1. The van der Waals surface area contributed by atoms with Gasteiger partial charge in [0, 0.05) is 42.9 Å². The van der Waals surface area contributed by atoms with E-state index in [0.717, 1.165) is 42.7 Å². The molecule has 3 aromatic rings. The Morgan fingerprint density at radius 2 is 1.14 bits per heavy atom. The van der Waals surface area contributed by atoms with Crippen molar-refractivity contribution < 1.29 is 90.1 Å². The first-order valence-electron chi connectivity index (χ1n) is 20.0. The summed E-state index contributed by atoms with van der Waals surface area (Å²) in [5.41, 5.74) is 0.663. The quantitative estimate of drug-likeness (QED) is 0.0293. The van der Waals surface area contributed by atoms with Gasteiger partial charge in [-0.3, -0.25) is 38.4 Å². The molecule has 0 fully saturated rings. The third kappa shape index (κ3) is 18.1. The minimum absolute atomic E-state index is 0.0255. The van der Waals surface area contributed by atoms with Crippen molar-refractivity contribution in [3.8, 4) is 11.5 Å². The van der Waals surface area contributed by atoms with Crippen LogP contribution in [0.1, 0.15) is 52.2 Å². The smallest absolute Gasteiger partial charge is 0.344 e. The molecule has 1 aromatic heterocycles. The molecule has 2 aromatic carbocycles. The number of fused-ring (bicyclic) bond motifs is 1. The molecule has 66 heavy (non-hydrogen) atoms. The highest BCUT2D eigenvalue weighted by molar-refractivity contribution is 8.08. The number of esters is 7. The third-order valence-corrected chi connectivity index (χ3v) is 9.40. The Balaban J connectivity index is 0.00000570. The van der Waals surface area contributed by atoms with Crippen LogP contribution in [0.2, 0.25) is 0 Å². The van der Waals surface area contributed by atoms with Crippen LogP contribution < -0.4 is 24.9 Å². The maximum Gasteiger partial charge on any atom is 0.344 e. The van der Waals surface area contributed by atoms with Crippen molar-refractivity contribution in [3.05, 3.63) is 64.0 Å². The SMILES string of the molecule is CC.CC(=O)OCOC(=O)CN(CC(=O)OCOC=O)c1cc2oc(=O)c(C3=CCCS3)cc2cc1OCCOc1cc(C)ccc1N(CC(=O)OCOC(C)=O)CC(=O)OCOC(C)=O. The fourth-order valence-electron chi connectivity index (χ4n) is 5.50. The lowest BCUT2D eigenvalue weighted by Gasteiger charge is -2.26. The van der Waals surface area contributed by atoms with E-state index in [0.29, 0.717) is 16.5 Å². The van der Waals surface area contributed by atoms with Gasteiger partial charge in [-0.2, -0.15) is 0 Å². The predicted octanol–water partition coefficient (Wildman–Crippen LogP) is 3.54. The molecule has 0 aliphatic carbocycles. The topological polar surface area (TPSA) is 266 Å². The van der Waals surface area contributed by atoms with Gasteiger partial charge in [0.25, 0.3) is 6.47 Å². The Labute approximate surface area is 382 Å². The van der Waals surface area contributed by atoms with Crippen molar-refractivity contribution in [1.29, 1.82) is 0 Å². The number of benzene rings is 2. The van der Waals surface area contributed by atoms with Gasteiger partial charge in [0.15, 0.2) is 0 Å². The number of nitrogens with zero attached hydrogens (tertiary/aromatic N) is 2. The summed E-state index contributed by atoms with van der Waals surface area (Å²) >= 11 is 1.48. The standard InChI is InChI=1S/C41H44N2O20S.C2H6/c1-25-7-8-31(42(16-38(49)60-22-56-26(2)45)17-39(50)61-23-57-27(3)46)34(12-25)54-9-10-55-35-14-29-13-30(36-6-5-11-64-36)41(52)63-33(29)15-32(35)43(18-37(48)59-21-53-20-44)19-40(51)62-24-58-28(4)47;1-2/h6-8,12-15,20H,5,9-11,16-19,21-24H2,1-4H3;1-2H3. The van der Waals surface area contributed by atoms with Crippen molar-refractivity contribution in [3.63, 3.8) is 0 Å². The van der Waals surface area contributed by atoms with E-state index < -0.39 is 101 Å². The number of hydrogen-bond donors (Lipinski definition) is 0. The van der Waals surface area contributed by atoms with Gasteiger partial charge in [0.05, 0.1) is 16.9 Å². The van der Waals surface area contributed by atoms with Crippen LogP contribution in [0.4, 0.5) is 11.4 Å². The second kappa shape index (κ2) is 27.8. The fourth-order valence-corrected chi connectivity index (χ4v) is 6.49. The van der Waals surface area contributed by atoms with E-state index in [1.165, 1.54) is 28.8 Å². The van der Waals surface area contributed by atoms with Gasteiger partial charge in [0.1, 0.15) is 56.5 Å². The van der Waals surface area contributed by atoms with Gasteiger partial charge in [-0.05, 0) is 43.2 Å². The second-order valence-corrected chi connectivity index (χ2v) is 14.2. The molecule has 22 nitrogen and oxygen atoms in total. The highest BCUT2D eigenvalue weighted by atomic mass is 32.2. The maximum atomic E-state index is 13.2. The third-order valence-electron chi connectivity index (χ3n) is 8.26. The zero-order valence-corrected chi connectivity index (χ0v) is 37.9. The summed E-state index contributed by atoms with van der Waals surface area (Å²) in [4.78, 5) is 112. The molecule has 0 N–H and O–H groups in total. The summed E-state index contributed by atoms with van der Waals surface area (Å²) < 4.78 is 56.4. The monoisotopic (exact) mass is 946 g/mol. The lowest BCUT2D eigenvalue weighted by atomic mass is 10.1. The molecule has 1 aliphatic heterocycles. The van der Waals surface area contributed by atoms with Crippen LogP contribution in [0, 0.1) is 6.92 Å². The normalized spacial score (nSPS) is 11.3.